The van der Waals surface area contributed by atoms with Gasteiger partial charge in [0.1, 0.15) is 5.75 Å². The zero-order valence-corrected chi connectivity index (χ0v) is 21.7. The molecule has 9 nitrogen and oxygen atoms in total. The summed E-state index contributed by atoms with van der Waals surface area (Å²) < 4.78 is 6.44. The molecule has 0 radical (unpaired) electrons. The largest absolute Gasteiger partial charge is 0.481 e. The van der Waals surface area contributed by atoms with E-state index in [9.17, 15) is 19.2 Å². The van der Waals surface area contributed by atoms with Crippen molar-refractivity contribution in [3.63, 3.8) is 0 Å². The Bertz CT molecular complexity index is 1620. The SMILES string of the molecule is CN1CC[C@]23c4c5ccc(C(=O)NCCc6ccc(-c7c[nH]c(=O)[nH]c7=O)cc6)c4O[C@H]2C(=O)CCC3[C@H]1C5. The lowest BCUT2D eigenvalue weighted by Gasteiger charge is -2.57. The molecule has 4 aliphatic rings. The van der Waals surface area contributed by atoms with Crippen molar-refractivity contribution in [3.05, 3.63) is 85.7 Å². The van der Waals surface area contributed by atoms with Gasteiger partial charge < -0.3 is 19.9 Å². The van der Waals surface area contributed by atoms with E-state index in [1.54, 1.807) is 0 Å². The number of amides is 1. The molecule has 3 N–H and O–H groups in total. The quantitative estimate of drug-likeness (QED) is 0.467. The van der Waals surface area contributed by atoms with E-state index < -0.39 is 17.4 Å². The number of aromatic nitrogens is 2. The molecule has 7 rings (SSSR count). The fraction of sp³-hybridized carbons (Fsp3) is 0.400. The number of likely N-dealkylation sites (N-methyl/N-ethyl adjacent to an activating group) is 1. The van der Waals surface area contributed by atoms with Crippen molar-refractivity contribution in [2.45, 2.75) is 49.7 Å². The van der Waals surface area contributed by atoms with Crippen LogP contribution in [0.2, 0.25) is 0 Å². The highest BCUT2D eigenvalue weighted by atomic mass is 16.5. The van der Waals surface area contributed by atoms with Crippen molar-refractivity contribution in [2.75, 3.05) is 20.1 Å². The van der Waals surface area contributed by atoms with E-state index in [0.717, 1.165) is 36.9 Å². The molecule has 1 spiro atoms. The number of ether oxygens (including phenoxy) is 1. The van der Waals surface area contributed by atoms with E-state index in [-0.39, 0.29) is 17.1 Å². The molecule has 1 aromatic heterocycles. The van der Waals surface area contributed by atoms with Gasteiger partial charge in [0.05, 0.1) is 11.1 Å². The van der Waals surface area contributed by atoms with Crippen molar-refractivity contribution in [2.24, 2.45) is 5.92 Å². The number of rotatable bonds is 5. The molecule has 2 aliphatic heterocycles. The fourth-order valence-corrected chi connectivity index (χ4v) is 7.60. The predicted octanol–water partition coefficient (Wildman–Crippen LogP) is 1.94. The highest BCUT2D eigenvalue weighted by molar-refractivity contribution is 5.99. The van der Waals surface area contributed by atoms with Gasteiger partial charge in [-0.25, -0.2) is 4.79 Å². The number of aromatic amines is 2. The minimum absolute atomic E-state index is 0.164. The summed E-state index contributed by atoms with van der Waals surface area (Å²) in [5.74, 6) is 0.963. The zero-order chi connectivity index (χ0) is 26.9. The highest BCUT2D eigenvalue weighted by Gasteiger charge is 2.65. The van der Waals surface area contributed by atoms with Crippen molar-refractivity contribution in [1.82, 2.24) is 20.2 Å². The third-order valence-electron chi connectivity index (χ3n) is 9.43. The maximum absolute atomic E-state index is 13.4. The number of carbonyl (C=O) groups is 2. The molecule has 9 heteroatoms. The summed E-state index contributed by atoms with van der Waals surface area (Å²) >= 11 is 0. The first-order chi connectivity index (χ1) is 18.9. The number of H-pyrrole nitrogens is 2. The maximum Gasteiger partial charge on any atom is 0.325 e. The van der Waals surface area contributed by atoms with Crippen LogP contribution in [0.3, 0.4) is 0 Å². The van der Waals surface area contributed by atoms with E-state index in [1.807, 2.05) is 30.3 Å². The second kappa shape index (κ2) is 8.77. The minimum atomic E-state index is -0.542. The molecular formula is C30H30N4O5. The summed E-state index contributed by atoms with van der Waals surface area (Å²) in [6.45, 7) is 1.36. The Morgan fingerprint density at radius 1 is 1.15 bits per heavy atom. The standard InChI is InChI=1S/C30H30N4O5/c1-34-13-11-30-21-8-9-23(35)26(30)39-25-19(7-6-18(24(25)30)14-22(21)34)27(36)31-12-10-16-2-4-17(5-3-16)20-15-32-29(38)33-28(20)37/h2-7,15,21-22,26H,8-14H2,1H3,(H,31,36)(H2,32,33,37,38)/t21?,22-,26+,30+/m1/s1. The smallest absolute Gasteiger partial charge is 0.325 e. The molecule has 3 aromatic rings. The number of likely N-dealkylation sites (tertiary alicyclic amines) is 1. The van der Waals surface area contributed by atoms with Crippen LogP contribution >= 0.6 is 0 Å². The van der Waals surface area contributed by atoms with E-state index in [0.29, 0.717) is 53.8 Å². The van der Waals surface area contributed by atoms with Gasteiger partial charge in [0.2, 0.25) is 0 Å². The summed E-state index contributed by atoms with van der Waals surface area (Å²) in [5.41, 5.74) is 3.64. The summed E-state index contributed by atoms with van der Waals surface area (Å²) in [5, 5.41) is 3.03. The topological polar surface area (TPSA) is 124 Å². The minimum Gasteiger partial charge on any atom is -0.481 e. The van der Waals surface area contributed by atoms with E-state index in [4.69, 9.17) is 4.74 Å². The van der Waals surface area contributed by atoms with Gasteiger partial charge in [-0.1, -0.05) is 30.3 Å². The molecule has 3 heterocycles. The van der Waals surface area contributed by atoms with Crippen LogP contribution in [0.15, 0.2) is 52.2 Å². The van der Waals surface area contributed by atoms with Crippen LogP contribution < -0.4 is 21.3 Å². The van der Waals surface area contributed by atoms with Crippen LogP contribution in [-0.2, 0) is 23.1 Å². The number of Topliss-reactive ketones (excluding diaryl/α,β-unsaturated/α-hetero) is 1. The van der Waals surface area contributed by atoms with Crippen LogP contribution in [0.1, 0.15) is 46.3 Å². The van der Waals surface area contributed by atoms with Crippen molar-refractivity contribution >= 4 is 11.7 Å². The summed E-state index contributed by atoms with van der Waals surface area (Å²) in [4.78, 5) is 56.9. The molecule has 39 heavy (non-hydrogen) atoms. The van der Waals surface area contributed by atoms with Crippen LogP contribution in [0, 0.1) is 5.92 Å². The van der Waals surface area contributed by atoms with Gasteiger partial charge in [0.25, 0.3) is 11.5 Å². The van der Waals surface area contributed by atoms with Crippen LogP contribution in [-0.4, -0.2) is 58.8 Å². The van der Waals surface area contributed by atoms with Crippen LogP contribution in [0.5, 0.6) is 5.75 Å². The molecule has 1 saturated heterocycles. The number of nitrogens with one attached hydrogen (secondary N) is 3. The lowest BCUT2D eigenvalue weighted by Crippen LogP contribution is -2.65. The average Bonchev–Trinajstić information content (AvgIpc) is 3.28. The predicted molar refractivity (Wildman–Crippen MR) is 144 cm³/mol. The maximum atomic E-state index is 13.4. The van der Waals surface area contributed by atoms with Crippen LogP contribution in [0.4, 0.5) is 0 Å². The van der Waals surface area contributed by atoms with E-state index >= 15 is 0 Å². The first-order valence-electron chi connectivity index (χ1n) is 13.6. The second-order valence-electron chi connectivity index (χ2n) is 11.3. The normalized spacial score (nSPS) is 26.6. The van der Waals surface area contributed by atoms with Crippen molar-refractivity contribution < 1.29 is 14.3 Å². The molecular weight excluding hydrogens is 496 g/mol. The first-order valence-corrected chi connectivity index (χ1v) is 13.6. The van der Waals surface area contributed by atoms with E-state index in [2.05, 4.69) is 33.3 Å². The number of carbonyl (C=O) groups excluding carboxylic acids is 2. The summed E-state index contributed by atoms with van der Waals surface area (Å²) in [6.07, 6.45) is 4.77. The average molecular weight is 527 g/mol. The summed E-state index contributed by atoms with van der Waals surface area (Å²) in [6, 6.07) is 11.8. The number of nitrogens with zero attached hydrogens (tertiary/aromatic N) is 1. The van der Waals surface area contributed by atoms with Gasteiger partial charge >= 0.3 is 5.69 Å². The molecule has 2 fully saturated rings. The Balaban J connectivity index is 1.10. The number of piperidine rings is 1. The molecule has 2 bridgehead atoms. The van der Waals surface area contributed by atoms with Crippen LogP contribution in [0.25, 0.3) is 11.1 Å². The fourth-order valence-electron chi connectivity index (χ4n) is 7.60. The molecule has 2 aliphatic carbocycles. The van der Waals surface area contributed by atoms with Gasteiger partial charge in [-0.3, -0.25) is 19.4 Å². The Kier molecular flexibility index (Phi) is 5.42. The lowest BCUT2D eigenvalue weighted by molar-refractivity contribution is -0.138. The molecule has 1 saturated carbocycles. The Labute approximate surface area is 224 Å². The monoisotopic (exact) mass is 526 g/mol. The number of ketones is 1. The van der Waals surface area contributed by atoms with Gasteiger partial charge in [-0.2, -0.15) is 0 Å². The van der Waals surface area contributed by atoms with Gasteiger partial charge in [-0.15, -0.1) is 0 Å². The second-order valence-corrected chi connectivity index (χ2v) is 11.3. The van der Waals surface area contributed by atoms with Crippen molar-refractivity contribution in [1.29, 1.82) is 0 Å². The van der Waals surface area contributed by atoms with E-state index in [1.165, 1.54) is 11.8 Å². The highest BCUT2D eigenvalue weighted by Crippen LogP contribution is 2.61. The molecule has 1 unspecified atom stereocenters. The zero-order valence-electron chi connectivity index (χ0n) is 21.7. The van der Waals surface area contributed by atoms with Crippen molar-refractivity contribution in [3.8, 4) is 16.9 Å². The van der Waals surface area contributed by atoms with Gasteiger partial charge in [0, 0.05) is 36.2 Å². The summed E-state index contributed by atoms with van der Waals surface area (Å²) in [7, 11) is 2.18. The lowest BCUT2D eigenvalue weighted by atomic mass is 9.51. The van der Waals surface area contributed by atoms with Gasteiger partial charge in [-0.05, 0) is 68.0 Å². The Morgan fingerprint density at radius 2 is 1.97 bits per heavy atom. The third kappa shape index (κ3) is 3.56. The first kappa shape index (κ1) is 24.1. The number of benzene rings is 2. The number of hydrogen-bond acceptors (Lipinski definition) is 6. The molecule has 4 atom stereocenters. The van der Waals surface area contributed by atoms with Gasteiger partial charge in [0.15, 0.2) is 11.9 Å². The molecule has 1 amide bonds. The molecule has 2 aromatic carbocycles. The molecule has 200 valence electrons. The Morgan fingerprint density at radius 3 is 2.77 bits per heavy atom. The Hall–Kier alpha value is -3.98. The number of hydrogen-bond donors (Lipinski definition) is 3. The third-order valence-corrected chi connectivity index (χ3v) is 9.43.